The van der Waals surface area contributed by atoms with Gasteiger partial charge in [-0.25, -0.2) is 0 Å². The molecule has 0 saturated heterocycles. The summed E-state index contributed by atoms with van der Waals surface area (Å²) in [6.45, 7) is 6.91. The molecular weight excluding hydrogens is 236 g/mol. The van der Waals surface area contributed by atoms with Crippen molar-refractivity contribution in [2.45, 2.75) is 91.4 Å². The Bertz CT molecular complexity index is 153. The van der Waals surface area contributed by atoms with E-state index < -0.39 is 0 Å². The van der Waals surface area contributed by atoms with Crippen LogP contribution in [0.3, 0.4) is 0 Å². The highest BCUT2D eigenvalue weighted by Gasteiger charge is 2.01. The highest BCUT2D eigenvalue weighted by molar-refractivity contribution is 5.48. The lowest BCUT2D eigenvalue weighted by Crippen LogP contribution is -2.03. The zero-order valence-corrected chi connectivity index (χ0v) is 13.5. The van der Waals surface area contributed by atoms with Gasteiger partial charge < -0.3 is 9.90 Å². The number of carbonyl (C=O) groups excluding carboxylic acids is 1. The molecule has 2 nitrogen and oxygen atoms in total. The SMILES string of the molecule is CCCCC(CC)CO.CCCCCCCCC=O. The molecule has 0 aliphatic heterocycles. The minimum atomic E-state index is 0.372. The van der Waals surface area contributed by atoms with Crippen LogP contribution in [0.15, 0.2) is 0 Å². The monoisotopic (exact) mass is 272 g/mol. The van der Waals surface area contributed by atoms with Crippen molar-refractivity contribution in [2.24, 2.45) is 5.92 Å². The number of aldehydes is 1. The molecule has 0 fully saturated rings. The van der Waals surface area contributed by atoms with Gasteiger partial charge in [0.15, 0.2) is 0 Å². The van der Waals surface area contributed by atoms with Gasteiger partial charge in [-0.1, -0.05) is 72.1 Å². The van der Waals surface area contributed by atoms with Crippen molar-refractivity contribution in [1.82, 2.24) is 0 Å². The molecule has 0 aromatic rings. The van der Waals surface area contributed by atoms with Crippen LogP contribution in [0.5, 0.6) is 0 Å². The highest BCUT2D eigenvalue weighted by atomic mass is 16.3. The molecule has 2 heteroatoms. The Hall–Kier alpha value is -0.370. The summed E-state index contributed by atoms with van der Waals surface area (Å²) in [6, 6.07) is 0. The Morgan fingerprint density at radius 3 is 1.95 bits per heavy atom. The van der Waals surface area contributed by atoms with Crippen molar-refractivity contribution in [3.63, 3.8) is 0 Å². The first kappa shape index (κ1) is 20.9. The van der Waals surface area contributed by atoms with E-state index >= 15 is 0 Å². The van der Waals surface area contributed by atoms with Crippen LogP contribution < -0.4 is 0 Å². The third kappa shape index (κ3) is 20.1. The molecule has 0 bridgehead atoms. The number of carbonyl (C=O) groups is 1. The minimum absolute atomic E-state index is 0.372. The molecule has 1 N–H and O–H groups in total. The van der Waals surface area contributed by atoms with E-state index in [0.29, 0.717) is 12.5 Å². The summed E-state index contributed by atoms with van der Waals surface area (Å²) >= 11 is 0. The minimum Gasteiger partial charge on any atom is -0.396 e. The lowest BCUT2D eigenvalue weighted by molar-refractivity contribution is -0.107. The molecule has 0 saturated carbocycles. The number of unbranched alkanes of at least 4 members (excludes halogenated alkanes) is 7. The van der Waals surface area contributed by atoms with Crippen LogP contribution >= 0.6 is 0 Å². The molecule has 0 aliphatic carbocycles. The molecule has 0 radical (unpaired) electrons. The summed E-state index contributed by atoms with van der Waals surface area (Å²) in [5, 5.41) is 8.75. The largest absolute Gasteiger partial charge is 0.396 e. The summed E-state index contributed by atoms with van der Waals surface area (Å²) in [7, 11) is 0. The quantitative estimate of drug-likeness (QED) is 0.395. The number of hydrogen-bond acceptors (Lipinski definition) is 2. The fourth-order valence-corrected chi connectivity index (χ4v) is 1.93. The van der Waals surface area contributed by atoms with Crippen LogP contribution in [-0.4, -0.2) is 18.0 Å². The summed E-state index contributed by atoms with van der Waals surface area (Å²) in [4.78, 5) is 9.89. The van der Waals surface area contributed by atoms with Crippen molar-refractivity contribution < 1.29 is 9.90 Å². The van der Waals surface area contributed by atoms with Crippen LogP contribution in [0.1, 0.15) is 91.4 Å². The zero-order valence-electron chi connectivity index (χ0n) is 13.5. The van der Waals surface area contributed by atoms with Gasteiger partial charge in [0.1, 0.15) is 6.29 Å². The topological polar surface area (TPSA) is 37.3 Å². The van der Waals surface area contributed by atoms with Gasteiger partial charge in [0.25, 0.3) is 0 Å². The molecule has 19 heavy (non-hydrogen) atoms. The third-order valence-electron chi connectivity index (χ3n) is 3.48. The second kappa shape index (κ2) is 20.0. The lowest BCUT2D eigenvalue weighted by atomic mass is 10.0. The molecule has 0 heterocycles. The van der Waals surface area contributed by atoms with Crippen LogP contribution in [-0.2, 0) is 4.79 Å². The normalized spacial score (nSPS) is 11.6. The molecule has 0 aromatic carbocycles. The van der Waals surface area contributed by atoms with E-state index in [1.54, 1.807) is 0 Å². The van der Waals surface area contributed by atoms with E-state index in [0.717, 1.165) is 25.5 Å². The first-order valence-electron chi connectivity index (χ1n) is 8.31. The number of aliphatic hydroxyl groups is 1. The molecule has 0 aliphatic rings. The average Bonchev–Trinajstić information content (AvgIpc) is 2.45. The zero-order chi connectivity index (χ0) is 14.8. The van der Waals surface area contributed by atoms with E-state index in [4.69, 9.17) is 5.11 Å². The molecular formula is C17H36O2. The molecule has 0 amide bonds. The van der Waals surface area contributed by atoms with Crippen LogP contribution in [0, 0.1) is 5.92 Å². The highest BCUT2D eigenvalue weighted by Crippen LogP contribution is 2.10. The van der Waals surface area contributed by atoms with E-state index in [1.165, 1.54) is 51.4 Å². The molecule has 1 unspecified atom stereocenters. The van der Waals surface area contributed by atoms with Crippen LogP contribution in [0.25, 0.3) is 0 Å². The van der Waals surface area contributed by atoms with Crippen LogP contribution in [0.4, 0.5) is 0 Å². The molecule has 0 rings (SSSR count). The summed E-state index contributed by atoms with van der Waals surface area (Å²) in [5.41, 5.74) is 0. The second-order valence-electron chi connectivity index (χ2n) is 5.32. The predicted molar refractivity (Wildman–Crippen MR) is 84.4 cm³/mol. The van der Waals surface area contributed by atoms with Gasteiger partial charge in [0.2, 0.25) is 0 Å². The summed E-state index contributed by atoms with van der Waals surface area (Å²) in [6.07, 6.45) is 14.2. The molecule has 1 atom stereocenters. The standard InChI is InChI=1S/C9H18O.C8H18O/c1-2-3-4-5-6-7-8-9-10;1-3-5-6-8(4-2)7-9/h9H,2-8H2,1H3;8-9H,3-7H2,1-2H3. The Morgan fingerprint density at radius 1 is 0.895 bits per heavy atom. The average molecular weight is 272 g/mol. The lowest BCUT2D eigenvalue weighted by Gasteiger charge is -2.08. The fourth-order valence-electron chi connectivity index (χ4n) is 1.93. The Morgan fingerprint density at radius 2 is 1.47 bits per heavy atom. The van der Waals surface area contributed by atoms with Crippen molar-refractivity contribution in [1.29, 1.82) is 0 Å². The van der Waals surface area contributed by atoms with E-state index in [9.17, 15) is 4.79 Å². The second-order valence-corrected chi connectivity index (χ2v) is 5.32. The summed E-state index contributed by atoms with van der Waals surface area (Å²) < 4.78 is 0. The van der Waals surface area contributed by atoms with Gasteiger partial charge in [-0.3, -0.25) is 0 Å². The van der Waals surface area contributed by atoms with E-state index in [2.05, 4.69) is 20.8 Å². The van der Waals surface area contributed by atoms with Crippen molar-refractivity contribution >= 4 is 6.29 Å². The Labute approximate surface area is 121 Å². The van der Waals surface area contributed by atoms with Gasteiger partial charge in [0, 0.05) is 13.0 Å². The number of aliphatic hydroxyl groups excluding tert-OH is 1. The maximum Gasteiger partial charge on any atom is 0.119 e. The van der Waals surface area contributed by atoms with Gasteiger partial charge in [-0.05, 0) is 18.8 Å². The number of hydrogen-bond donors (Lipinski definition) is 1. The van der Waals surface area contributed by atoms with Gasteiger partial charge in [-0.2, -0.15) is 0 Å². The molecule has 0 aromatic heterocycles. The maximum atomic E-state index is 9.89. The van der Waals surface area contributed by atoms with Gasteiger partial charge in [0.05, 0.1) is 0 Å². The van der Waals surface area contributed by atoms with Crippen molar-refractivity contribution in [2.75, 3.05) is 6.61 Å². The Balaban J connectivity index is 0. The smallest absolute Gasteiger partial charge is 0.119 e. The Kier molecular flexibility index (Phi) is 22.0. The van der Waals surface area contributed by atoms with Crippen molar-refractivity contribution in [3.05, 3.63) is 0 Å². The fraction of sp³-hybridized carbons (Fsp3) is 0.941. The van der Waals surface area contributed by atoms with Crippen LogP contribution in [0.2, 0.25) is 0 Å². The van der Waals surface area contributed by atoms with Gasteiger partial charge in [-0.15, -0.1) is 0 Å². The van der Waals surface area contributed by atoms with Gasteiger partial charge >= 0.3 is 0 Å². The van der Waals surface area contributed by atoms with E-state index in [1.807, 2.05) is 0 Å². The molecule has 116 valence electrons. The first-order chi connectivity index (χ1) is 9.26. The van der Waals surface area contributed by atoms with Crippen molar-refractivity contribution in [3.8, 4) is 0 Å². The van der Waals surface area contributed by atoms with E-state index in [-0.39, 0.29) is 0 Å². The third-order valence-corrected chi connectivity index (χ3v) is 3.48. The maximum absolute atomic E-state index is 9.89. The predicted octanol–water partition coefficient (Wildman–Crippen LogP) is 5.13. The first-order valence-corrected chi connectivity index (χ1v) is 8.31. The summed E-state index contributed by atoms with van der Waals surface area (Å²) in [5.74, 6) is 0.560. The number of rotatable bonds is 12. The molecule has 0 spiro atoms.